The Morgan fingerprint density at radius 3 is 2.67 bits per heavy atom. The van der Waals surface area contributed by atoms with Gasteiger partial charge in [-0.15, -0.1) is 0 Å². The first-order valence-electron chi connectivity index (χ1n) is 6.05. The van der Waals surface area contributed by atoms with Crippen LogP contribution in [0.3, 0.4) is 0 Å². The summed E-state index contributed by atoms with van der Waals surface area (Å²) in [6.45, 7) is 0. The van der Waals surface area contributed by atoms with Crippen LogP contribution in [0, 0.1) is 5.82 Å². The number of rotatable bonds is 4. The van der Waals surface area contributed by atoms with Gasteiger partial charge in [-0.3, -0.25) is 4.79 Å². The van der Waals surface area contributed by atoms with Crippen molar-refractivity contribution >= 4 is 23.5 Å². The van der Waals surface area contributed by atoms with Crippen LogP contribution in [0.5, 0.6) is 11.5 Å². The van der Waals surface area contributed by atoms with E-state index < -0.39 is 5.82 Å². The van der Waals surface area contributed by atoms with Gasteiger partial charge in [-0.25, -0.2) is 4.39 Å². The average molecular weight is 307 g/mol. The van der Waals surface area contributed by atoms with Crippen LogP contribution in [0.2, 0.25) is 5.02 Å². The molecule has 0 saturated carbocycles. The zero-order valence-corrected chi connectivity index (χ0v) is 11.9. The smallest absolute Gasteiger partial charge is 0.185 e. The Hall–Kier alpha value is -2.33. The van der Waals surface area contributed by atoms with Crippen molar-refractivity contribution < 1.29 is 19.0 Å². The minimum atomic E-state index is -0.593. The number of carbonyl (C=O) groups excluding carboxylic acids is 1. The molecule has 0 aliphatic carbocycles. The Morgan fingerprint density at radius 2 is 2.05 bits per heavy atom. The maximum absolute atomic E-state index is 13.5. The third kappa shape index (κ3) is 3.61. The number of phenolic OH excluding ortho intramolecular Hbond substituents is 1. The molecule has 0 spiro atoms. The molecule has 2 rings (SSSR count). The van der Waals surface area contributed by atoms with Crippen LogP contribution in [0.15, 0.2) is 42.5 Å². The maximum atomic E-state index is 13.5. The Bertz CT molecular complexity index is 711. The van der Waals surface area contributed by atoms with Crippen molar-refractivity contribution in [3.63, 3.8) is 0 Å². The minimum absolute atomic E-state index is 0.0302. The van der Waals surface area contributed by atoms with E-state index in [0.717, 1.165) is 6.07 Å². The topological polar surface area (TPSA) is 46.5 Å². The SMILES string of the molecule is COc1ccc(C(=O)C=Cc2ccc(O)c(Cl)c2)cc1F. The van der Waals surface area contributed by atoms with Gasteiger partial charge < -0.3 is 9.84 Å². The Labute approximate surface area is 126 Å². The molecule has 0 aliphatic heterocycles. The molecule has 0 heterocycles. The molecular weight excluding hydrogens is 295 g/mol. The van der Waals surface area contributed by atoms with Gasteiger partial charge in [-0.2, -0.15) is 0 Å². The second-order valence-electron chi connectivity index (χ2n) is 4.26. The van der Waals surface area contributed by atoms with E-state index in [9.17, 15) is 14.3 Å². The van der Waals surface area contributed by atoms with E-state index in [2.05, 4.69) is 0 Å². The number of benzene rings is 2. The lowest BCUT2D eigenvalue weighted by atomic mass is 10.1. The van der Waals surface area contributed by atoms with Crippen LogP contribution in [0.1, 0.15) is 15.9 Å². The fourth-order valence-corrected chi connectivity index (χ4v) is 1.90. The van der Waals surface area contributed by atoms with Crippen LogP contribution >= 0.6 is 11.6 Å². The van der Waals surface area contributed by atoms with Crippen LogP contribution in [0.4, 0.5) is 4.39 Å². The first kappa shape index (κ1) is 15.1. The predicted octanol–water partition coefficient (Wildman–Crippen LogP) is 4.09. The summed E-state index contributed by atoms with van der Waals surface area (Å²) in [6.07, 6.45) is 2.85. The number of aromatic hydroxyl groups is 1. The molecule has 0 unspecified atom stereocenters. The van der Waals surface area contributed by atoms with E-state index in [4.69, 9.17) is 16.3 Å². The van der Waals surface area contributed by atoms with Gasteiger partial charge in [-0.1, -0.05) is 23.7 Å². The molecule has 2 aromatic carbocycles. The highest BCUT2D eigenvalue weighted by molar-refractivity contribution is 6.32. The molecule has 0 radical (unpaired) electrons. The molecular formula is C16H12ClFO3. The van der Waals surface area contributed by atoms with Gasteiger partial charge >= 0.3 is 0 Å². The highest BCUT2D eigenvalue weighted by Crippen LogP contribution is 2.24. The molecule has 0 atom stereocenters. The van der Waals surface area contributed by atoms with E-state index in [1.807, 2.05) is 0 Å². The summed E-state index contributed by atoms with van der Waals surface area (Å²) >= 11 is 5.77. The second kappa shape index (κ2) is 6.41. The summed E-state index contributed by atoms with van der Waals surface area (Å²) in [6, 6.07) is 8.57. The number of hydrogen-bond acceptors (Lipinski definition) is 3. The van der Waals surface area contributed by atoms with Crippen LogP contribution in [-0.2, 0) is 0 Å². The molecule has 0 amide bonds. The number of allylic oxidation sites excluding steroid dienone is 1. The molecule has 2 aromatic rings. The zero-order chi connectivity index (χ0) is 15.4. The number of carbonyl (C=O) groups is 1. The van der Waals surface area contributed by atoms with Crippen molar-refractivity contribution in [2.24, 2.45) is 0 Å². The normalized spacial score (nSPS) is 10.8. The second-order valence-corrected chi connectivity index (χ2v) is 4.66. The van der Waals surface area contributed by atoms with Crippen LogP contribution in [-0.4, -0.2) is 18.0 Å². The first-order valence-corrected chi connectivity index (χ1v) is 6.43. The Kier molecular flexibility index (Phi) is 4.60. The standard InChI is InChI=1S/C16H12ClFO3/c1-21-16-7-4-11(9-13(16)18)14(19)5-2-10-3-6-15(20)12(17)8-10/h2-9,20H,1H3. The Morgan fingerprint density at radius 1 is 1.29 bits per heavy atom. The van der Waals surface area contributed by atoms with Gasteiger partial charge in [0, 0.05) is 5.56 Å². The van der Waals surface area contributed by atoms with E-state index >= 15 is 0 Å². The Balaban J connectivity index is 2.18. The fourth-order valence-electron chi connectivity index (χ4n) is 1.71. The van der Waals surface area contributed by atoms with E-state index in [-0.39, 0.29) is 27.9 Å². The van der Waals surface area contributed by atoms with Crippen LogP contribution in [0.25, 0.3) is 6.08 Å². The van der Waals surface area contributed by atoms with Gasteiger partial charge in [0.1, 0.15) is 5.75 Å². The van der Waals surface area contributed by atoms with Gasteiger partial charge in [-0.05, 0) is 42.0 Å². The van der Waals surface area contributed by atoms with Crippen molar-refractivity contribution in [3.05, 3.63) is 64.4 Å². The average Bonchev–Trinajstić information content (AvgIpc) is 2.48. The number of phenols is 1. The zero-order valence-electron chi connectivity index (χ0n) is 11.1. The summed E-state index contributed by atoms with van der Waals surface area (Å²) in [5, 5.41) is 9.50. The van der Waals surface area contributed by atoms with Gasteiger partial charge in [0.05, 0.1) is 12.1 Å². The molecule has 21 heavy (non-hydrogen) atoms. The highest BCUT2D eigenvalue weighted by Gasteiger charge is 2.07. The summed E-state index contributed by atoms with van der Waals surface area (Å²) < 4.78 is 18.3. The quantitative estimate of drug-likeness (QED) is 0.683. The molecule has 0 saturated heterocycles. The van der Waals surface area contributed by atoms with Gasteiger partial charge in [0.25, 0.3) is 0 Å². The molecule has 0 bridgehead atoms. The minimum Gasteiger partial charge on any atom is -0.506 e. The van der Waals surface area contributed by atoms with Crippen molar-refractivity contribution in [2.45, 2.75) is 0 Å². The molecule has 3 nitrogen and oxygen atoms in total. The number of ether oxygens (including phenoxy) is 1. The molecule has 0 fully saturated rings. The van der Waals surface area contributed by atoms with E-state index in [0.29, 0.717) is 5.56 Å². The molecule has 108 valence electrons. The predicted molar refractivity (Wildman–Crippen MR) is 79.4 cm³/mol. The number of ketones is 1. The molecule has 0 aromatic heterocycles. The molecule has 0 aliphatic rings. The molecule has 1 N–H and O–H groups in total. The van der Waals surface area contributed by atoms with Crippen LogP contribution < -0.4 is 4.74 Å². The number of hydrogen-bond donors (Lipinski definition) is 1. The molecule has 5 heteroatoms. The van der Waals surface area contributed by atoms with Crippen molar-refractivity contribution in [1.29, 1.82) is 0 Å². The summed E-state index contributed by atoms with van der Waals surface area (Å²) in [5.74, 6) is -0.886. The lowest BCUT2D eigenvalue weighted by Gasteiger charge is -2.02. The van der Waals surface area contributed by atoms with Crippen molar-refractivity contribution in [1.82, 2.24) is 0 Å². The monoisotopic (exact) mass is 306 g/mol. The van der Waals surface area contributed by atoms with Gasteiger partial charge in [0.2, 0.25) is 0 Å². The maximum Gasteiger partial charge on any atom is 0.185 e. The van der Waals surface area contributed by atoms with E-state index in [1.165, 1.54) is 43.5 Å². The van der Waals surface area contributed by atoms with Crippen molar-refractivity contribution in [3.8, 4) is 11.5 Å². The summed E-state index contributed by atoms with van der Waals surface area (Å²) in [7, 11) is 1.36. The lowest BCUT2D eigenvalue weighted by Crippen LogP contribution is -1.97. The lowest BCUT2D eigenvalue weighted by molar-refractivity contribution is 0.104. The largest absolute Gasteiger partial charge is 0.506 e. The third-order valence-corrected chi connectivity index (χ3v) is 3.14. The highest BCUT2D eigenvalue weighted by atomic mass is 35.5. The third-order valence-electron chi connectivity index (χ3n) is 2.84. The first-order chi connectivity index (χ1) is 10.0. The summed E-state index contributed by atoms with van der Waals surface area (Å²) in [5.41, 5.74) is 0.870. The number of halogens is 2. The summed E-state index contributed by atoms with van der Waals surface area (Å²) in [4.78, 5) is 11.9. The fraction of sp³-hybridized carbons (Fsp3) is 0.0625. The van der Waals surface area contributed by atoms with E-state index in [1.54, 1.807) is 6.07 Å². The van der Waals surface area contributed by atoms with Crippen molar-refractivity contribution in [2.75, 3.05) is 7.11 Å². The van der Waals surface area contributed by atoms with Gasteiger partial charge in [0.15, 0.2) is 17.3 Å². The number of methoxy groups -OCH3 is 1.